The van der Waals surface area contributed by atoms with Crippen molar-refractivity contribution in [2.24, 2.45) is 0 Å². The lowest BCUT2D eigenvalue weighted by Gasteiger charge is -2.17. The molecule has 2 rings (SSSR count). The van der Waals surface area contributed by atoms with Gasteiger partial charge >= 0.3 is 0 Å². The third kappa shape index (κ3) is 6.09. The lowest BCUT2D eigenvalue weighted by atomic mass is 10.2. The summed E-state index contributed by atoms with van der Waals surface area (Å²) in [6.07, 6.45) is -3.35. The summed E-state index contributed by atoms with van der Waals surface area (Å²) in [6, 6.07) is 11.8. The van der Waals surface area contributed by atoms with Crippen LogP contribution in [0.5, 0.6) is 0 Å². The molecular weight excluding hydrogens is 408 g/mol. The minimum absolute atomic E-state index is 0.0991. The molecule has 0 aliphatic carbocycles. The summed E-state index contributed by atoms with van der Waals surface area (Å²) < 4.78 is 57.7. The molecule has 28 heavy (non-hydrogen) atoms. The van der Waals surface area contributed by atoms with E-state index >= 15 is 0 Å². The fourth-order valence-electron chi connectivity index (χ4n) is 2.09. The molecule has 8 nitrogen and oxygen atoms in total. The first-order valence-corrected chi connectivity index (χ1v) is 11.1. The minimum Gasteiger partial charge on any atom is -0.388 e. The molecule has 0 saturated carbocycles. The molecule has 2 N–H and O–H groups in total. The van der Waals surface area contributed by atoms with Gasteiger partial charge in [0.25, 0.3) is 20.2 Å². The maximum atomic E-state index is 12.1. The van der Waals surface area contributed by atoms with E-state index in [1.807, 2.05) is 0 Å². The zero-order valence-electron chi connectivity index (χ0n) is 15.3. The molecule has 154 valence electrons. The van der Waals surface area contributed by atoms with Crippen LogP contribution in [0.15, 0.2) is 58.3 Å². The summed E-state index contributed by atoms with van der Waals surface area (Å²) >= 11 is 0. The second-order valence-corrected chi connectivity index (χ2v) is 9.47. The van der Waals surface area contributed by atoms with Crippen LogP contribution in [0.4, 0.5) is 0 Å². The summed E-state index contributed by atoms with van der Waals surface area (Å²) in [6.45, 7) is 2.07. The molecule has 2 aromatic carbocycles. The summed E-state index contributed by atoms with van der Waals surface area (Å²) in [5.74, 6) is 0. The summed E-state index contributed by atoms with van der Waals surface area (Å²) in [4.78, 5) is -0.198. The molecule has 0 fully saturated rings. The van der Waals surface area contributed by atoms with Crippen LogP contribution in [0.1, 0.15) is 11.1 Å². The standard InChI is InChI=1S/C18H22O8S2/c1-13-3-7-15(8-4-13)27(21,22)25-11-17(19)18(20)12-26-28(23,24)16-9-5-14(2)6-10-16/h3-10,17-20H,11-12H2,1-2H3. The van der Waals surface area contributed by atoms with Crippen molar-refractivity contribution >= 4 is 20.2 Å². The second-order valence-electron chi connectivity index (χ2n) is 6.24. The molecule has 0 amide bonds. The molecule has 0 bridgehead atoms. The molecule has 0 aliphatic rings. The van der Waals surface area contributed by atoms with Crippen LogP contribution in [-0.2, 0) is 28.6 Å². The monoisotopic (exact) mass is 430 g/mol. The lowest BCUT2D eigenvalue weighted by molar-refractivity contribution is -0.0267. The first kappa shape index (κ1) is 22.5. The van der Waals surface area contributed by atoms with Gasteiger partial charge < -0.3 is 10.2 Å². The van der Waals surface area contributed by atoms with Gasteiger partial charge in [-0.05, 0) is 38.1 Å². The zero-order valence-corrected chi connectivity index (χ0v) is 17.0. The number of aryl methyl sites for hydroxylation is 2. The van der Waals surface area contributed by atoms with Gasteiger partial charge in [-0.1, -0.05) is 35.4 Å². The Bertz CT molecular complexity index is 897. The number of hydrogen-bond acceptors (Lipinski definition) is 8. The van der Waals surface area contributed by atoms with Crippen LogP contribution in [0.25, 0.3) is 0 Å². The molecule has 2 atom stereocenters. The largest absolute Gasteiger partial charge is 0.388 e. The van der Waals surface area contributed by atoms with E-state index in [0.29, 0.717) is 0 Å². The lowest BCUT2D eigenvalue weighted by Crippen LogP contribution is -2.35. The average molecular weight is 431 g/mol. The second kappa shape index (κ2) is 9.12. The molecule has 0 heterocycles. The molecule has 10 heteroatoms. The van der Waals surface area contributed by atoms with Gasteiger partial charge in [-0.3, -0.25) is 8.37 Å². The highest BCUT2D eigenvalue weighted by molar-refractivity contribution is 7.87. The number of rotatable bonds is 9. The Morgan fingerprint density at radius 3 is 1.25 bits per heavy atom. The Morgan fingerprint density at radius 2 is 0.964 bits per heavy atom. The predicted molar refractivity (Wildman–Crippen MR) is 101 cm³/mol. The van der Waals surface area contributed by atoms with Crippen LogP contribution in [0.3, 0.4) is 0 Å². The zero-order chi connectivity index (χ0) is 20.9. The van der Waals surface area contributed by atoms with Crippen LogP contribution < -0.4 is 0 Å². The SMILES string of the molecule is Cc1ccc(S(=O)(=O)OCC(O)C(O)COS(=O)(=O)c2ccc(C)cc2)cc1. The van der Waals surface area contributed by atoms with Crippen molar-refractivity contribution in [3.8, 4) is 0 Å². The Hall–Kier alpha value is -1.82. The topological polar surface area (TPSA) is 127 Å². The van der Waals surface area contributed by atoms with E-state index in [-0.39, 0.29) is 9.79 Å². The van der Waals surface area contributed by atoms with Gasteiger partial charge in [0.1, 0.15) is 12.2 Å². The minimum atomic E-state index is -4.13. The normalized spacial score (nSPS) is 14.6. The predicted octanol–water partition coefficient (Wildman–Crippen LogP) is 1.14. The van der Waals surface area contributed by atoms with Crippen molar-refractivity contribution in [1.82, 2.24) is 0 Å². The number of aliphatic hydroxyl groups excluding tert-OH is 2. The molecule has 2 aromatic rings. The van der Waals surface area contributed by atoms with E-state index in [1.54, 1.807) is 38.1 Å². The maximum absolute atomic E-state index is 12.1. The summed E-state index contributed by atoms with van der Waals surface area (Å²) in [5, 5.41) is 19.7. The highest BCUT2D eigenvalue weighted by Crippen LogP contribution is 2.16. The van der Waals surface area contributed by atoms with Crippen LogP contribution >= 0.6 is 0 Å². The van der Waals surface area contributed by atoms with Crippen molar-refractivity contribution in [3.63, 3.8) is 0 Å². The highest BCUT2D eigenvalue weighted by atomic mass is 32.2. The van der Waals surface area contributed by atoms with Gasteiger partial charge in [0, 0.05) is 0 Å². The van der Waals surface area contributed by atoms with E-state index in [9.17, 15) is 27.0 Å². The molecular formula is C18H22O8S2. The van der Waals surface area contributed by atoms with Gasteiger partial charge in [0.05, 0.1) is 23.0 Å². The third-order valence-electron chi connectivity index (χ3n) is 3.85. The molecule has 0 aliphatic heterocycles. The van der Waals surface area contributed by atoms with Gasteiger partial charge in [0.2, 0.25) is 0 Å². The van der Waals surface area contributed by atoms with Gasteiger partial charge in [-0.2, -0.15) is 16.8 Å². The van der Waals surface area contributed by atoms with Crippen molar-refractivity contribution in [2.75, 3.05) is 13.2 Å². The van der Waals surface area contributed by atoms with E-state index < -0.39 is 45.7 Å². The van der Waals surface area contributed by atoms with Crippen molar-refractivity contribution in [2.45, 2.75) is 35.8 Å². The Labute approximate surface area is 164 Å². The summed E-state index contributed by atoms with van der Waals surface area (Å²) in [7, 11) is -8.25. The molecule has 0 saturated heterocycles. The highest BCUT2D eigenvalue weighted by Gasteiger charge is 2.25. The fraction of sp³-hybridized carbons (Fsp3) is 0.333. The molecule has 0 spiro atoms. The molecule has 2 unspecified atom stereocenters. The Balaban J connectivity index is 1.91. The number of hydrogen-bond donors (Lipinski definition) is 2. The number of benzene rings is 2. The van der Waals surface area contributed by atoms with Gasteiger partial charge in [0.15, 0.2) is 0 Å². The third-order valence-corrected chi connectivity index (χ3v) is 6.44. The first-order chi connectivity index (χ1) is 13.0. The van der Waals surface area contributed by atoms with E-state index in [0.717, 1.165) is 11.1 Å². The van der Waals surface area contributed by atoms with Crippen LogP contribution in [-0.4, -0.2) is 52.5 Å². The van der Waals surface area contributed by atoms with Crippen molar-refractivity contribution in [1.29, 1.82) is 0 Å². The maximum Gasteiger partial charge on any atom is 0.297 e. The smallest absolute Gasteiger partial charge is 0.297 e. The molecule has 0 radical (unpaired) electrons. The van der Waals surface area contributed by atoms with E-state index in [2.05, 4.69) is 0 Å². The van der Waals surface area contributed by atoms with Gasteiger partial charge in [-0.25, -0.2) is 0 Å². The van der Waals surface area contributed by atoms with Crippen molar-refractivity contribution < 1.29 is 35.4 Å². The fourth-order valence-corrected chi connectivity index (χ4v) is 3.93. The van der Waals surface area contributed by atoms with Gasteiger partial charge in [-0.15, -0.1) is 0 Å². The van der Waals surface area contributed by atoms with E-state index in [1.165, 1.54) is 24.3 Å². The average Bonchev–Trinajstić information content (AvgIpc) is 2.65. The van der Waals surface area contributed by atoms with Crippen LogP contribution in [0, 0.1) is 13.8 Å². The molecule has 0 aromatic heterocycles. The Kier molecular flexibility index (Phi) is 7.32. The first-order valence-electron chi connectivity index (χ1n) is 8.29. The summed E-state index contributed by atoms with van der Waals surface area (Å²) in [5.41, 5.74) is 1.72. The van der Waals surface area contributed by atoms with Crippen molar-refractivity contribution in [3.05, 3.63) is 59.7 Å². The van der Waals surface area contributed by atoms with Crippen LogP contribution in [0.2, 0.25) is 0 Å². The van der Waals surface area contributed by atoms with E-state index in [4.69, 9.17) is 8.37 Å². The Morgan fingerprint density at radius 1 is 0.679 bits per heavy atom. The number of aliphatic hydroxyl groups is 2. The quantitative estimate of drug-likeness (QED) is 0.567.